The molecule has 6 nitrogen and oxygen atoms in total. The van der Waals surface area contributed by atoms with E-state index >= 15 is 0 Å². The van der Waals surface area contributed by atoms with E-state index < -0.39 is 5.97 Å². The predicted molar refractivity (Wildman–Crippen MR) is 143 cm³/mol. The van der Waals surface area contributed by atoms with Crippen LogP contribution in [0.3, 0.4) is 0 Å². The number of aliphatic carboxylic acids is 1. The zero-order valence-electron chi connectivity index (χ0n) is 21.7. The number of aromatic nitrogens is 1. The van der Waals surface area contributed by atoms with Crippen molar-refractivity contribution in [2.45, 2.75) is 60.0 Å². The Labute approximate surface area is 212 Å². The summed E-state index contributed by atoms with van der Waals surface area (Å²) in [5.74, 6) is 0.742. The van der Waals surface area contributed by atoms with Crippen molar-refractivity contribution >= 4 is 16.9 Å². The van der Waals surface area contributed by atoms with Gasteiger partial charge in [-0.3, -0.25) is 4.79 Å². The summed E-state index contributed by atoms with van der Waals surface area (Å²) >= 11 is 0. The maximum Gasteiger partial charge on any atom is 0.303 e. The average molecular weight is 490 g/mol. The number of fused-ring (bicyclic) bond motifs is 1. The van der Waals surface area contributed by atoms with E-state index in [1.54, 1.807) is 0 Å². The molecule has 0 spiro atoms. The van der Waals surface area contributed by atoms with Crippen LogP contribution < -0.4 is 9.47 Å². The monoisotopic (exact) mass is 489 g/mol. The highest BCUT2D eigenvalue weighted by Gasteiger charge is 2.17. The second-order valence-electron chi connectivity index (χ2n) is 8.57. The summed E-state index contributed by atoms with van der Waals surface area (Å²) < 4.78 is 17.7. The Kier molecular flexibility index (Phi) is 9.51. The van der Waals surface area contributed by atoms with Gasteiger partial charge in [0.25, 0.3) is 0 Å². The molecular weight excluding hydrogens is 454 g/mol. The van der Waals surface area contributed by atoms with Crippen molar-refractivity contribution in [3.8, 4) is 22.8 Å². The van der Waals surface area contributed by atoms with Gasteiger partial charge in [0.15, 0.2) is 5.58 Å². The van der Waals surface area contributed by atoms with Crippen LogP contribution >= 0.6 is 0 Å². The molecular formula is C30H35NO5. The summed E-state index contributed by atoms with van der Waals surface area (Å²) in [5.41, 5.74) is 5.61. The summed E-state index contributed by atoms with van der Waals surface area (Å²) in [7, 11) is 0. The highest BCUT2D eigenvalue weighted by atomic mass is 16.5. The number of nitrogens with zero attached hydrogens (tertiary/aromatic N) is 1. The van der Waals surface area contributed by atoms with Crippen molar-refractivity contribution in [2.24, 2.45) is 0 Å². The van der Waals surface area contributed by atoms with E-state index in [9.17, 15) is 4.79 Å². The lowest BCUT2D eigenvalue weighted by Crippen LogP contribution is -2.16. The molecule has 6 heteroatoms. The van der Waals surface area contributed by atoms with E-state index in [1.165, 1.54) is 0 Å². The molecule has 0 amide bonds. The van der Waals surface area contributed by atoms with E-state index in [1.807, 2.05) is 89.2 Å². The molecule has 0 saturated heterocycles. The maximum absolute atomic E-state index is 10.8. The molecule has 1 atom stereocenters. The Morgan fingerprint density at radius 2 is 1.83 bits per heavy atom. The Balaban J connectivity index is 0.00000176. The van der Waals surface area contributed by atoms with Crippen LogP contribution in [0.5, 0.6) is 11.5 Å². The van der Waals surface area contributed by atoms with Crippen molar-refractivity contribution < 1.29 is 23.9 Å². The minimum atomic E-state index is -0.790. The third-order valence-electron chi connectivity index (χ3n) is 5.81. The van der Waals surface area contributed by atoms with Gasteiger partial charge >= 0.3 is 5.97 Å². The van der Waals surface area contributed by atoms with Crippen LogP contribution in [0, 0.1) is 13.8 Å². The van der Waals surface area contributed by atoms with Crippen LogP contribution in [0.1, 0.15) is 50.3 Å². The summed E-state index contributed by atoms with van der Waals surface area (Å²) in [4.78, 5) is 10.8. The second kappa shape index (κ2) is 12.8. The van der Waals surface area contributed by atoms with Gasteiger partial charge < -0.3 is 19.1 Å². The number of carbonyl (C=O) groups is 1. The lowest BCUT2D eigenvalue weighted by Gasteiger charge is -2.18. The number of hydrogen-bond acceptors (Lipinski definition) is 5. The fraction of sp³-hybridized carbons (Fsp3) is 0.333. The number of benzene rings is 3. The van der Waals surface area contributed by atoms with E-state index in [2.05, 4.69) is 11.2 Å². The molecule has 190 valence electrons. The first-order chi connectivity index (χ1) is 17.4. The highest BCUT2D eigenvalue weighted by Crippen LogP contribution is 2.35. The molecule has 1 unspecified atom stereocenters. The van der Waals surface area contributed by atoms with E-state index in [-0.39, 0.29) is 12.5 Å². The largest absolute Gasteiger partial charge is 0.493 e. The number of ether oxygens (including phenoxy) is 2. The molecule has 36 heavy (non-hydrogen) atoms. The number of carboxylic acid groups (broad SMARTS) is 1. The Bertz CT molecular complexity index is 1290. The third kappa shape index (κ3) is 6.87. The van der Waals surface area contributed by atoms with Crippen LogP contribution in [0.15, 0.2) is 65.2 Å². The predicted octanol–water partition coefficient (Wildman–Crippen LogP) is 7.39. The number of aryl methyl sites for hydroxylation is 3. The molecule has 0 aliphatic carbocycles. The molecule has 0 aliphatic heterocycles. The third-order valence-corrected chi connectivity index (χ3v) is 5.81. The second-order valence-corrected chi connectivity index (χ2v) is 8.57. The zero-order valence-corrected chi connectivity index (χ0v) is 21.7. The van der Waals surface area contributed by atoms with Crippen LogP contribution in [0.2, 0.25) is 0 Å². The van der Waals surface area contributed by atoms with Gasteiger partial charge in [-0.05, 0) is 74.7 Å². The van der Waals surface area contributed by atoms with Crippen LogP contribution in [0.4, 0.5) is 0 Å². The molecule has 1 N–H and O–H groups in total. The quantitative estimate of drug-likeness (QED) is 0.250. The fourth-order valence-electron chi connectivity index (χ4n) is 3.91. The van der Waals surface area contributed by atoms with Gasteiger partial charge in [0.05, 0.1) is 12.7 Å². The summed E-state index contributed by atoms with van der Waals surface area (Å²) in [6.45, 7) is 10.5. The van der Waals surface area contributed by atoms with Crippen LogP contribution in [-0.2, 0) is 11.2 Å². The number of rotatable bonds is 10. The number of para-hydroxylation sites is 1. The lowest BCUT2D eigenvalue weighted by molar-refractivity contribution is -0.136. The molecule has 4 aromatic rings. The number of hydrogen-bond donors (Lipinski definition) is 1. The molecule has 0 saturated carbocycles. The van der Waals surface area contributed by atoms with Crippen molar-refractivity contribution in [3.05, 3.63) is 77.4 Å². The zero-order chi connectivity index (χ0) is 26.1. The van der Waals surface area contributed by atoms with Gasteiger partial charge in [-0.1, -0.05) is 48.8 Å². The van der Waals surface area contributed by atoms with E-state index in [0.717, 1.165) is 50.4 Å². The van der Waals surface area contributed by atoms with Crippen molar-refractivity contribution in [1.82, 2.24) is 5.16 Å². The van der Waals surface area contributed by atoms with Crippen molar-refractivity contribution in [1.29, 1.82) is 0 Å². The van der Waals surface area contributed by atoms with Gasteiger partial charge in [0.1, 0.15) is 17.2 Å². The average Bonchev–Trinajstić information content (AvgIpc) is 3.30. The molecule has 0 fully saturated rings. The topological polar surface area (TPSA) is 81.8 Å². The maximum atomic E-state index is 10.8. The smallest absolute Gasteiger partial charge is 0.303 e. The molecule has 0 aliphatic rings. The van der Waals surface area contributed by atoms with E-state index in [4.69, 9.17) is 19.1 Å². The van der Waals surface area contributed by atoms with Gasteiger partial charge in [0, 0.05) is 23.8 Å². The normalized spacial score (nSPS) is 11.5. The summed E-state index contributed by atoms with van der Waals surface area (Å²) in [6.07, 6.45) is 1.27. The minimum absolute atomic E-state index is 0.0736. The lowest BCUT2D eigenvalue weighted by atomic mass is 10.0. The fourth-order valence-corrected chi connectivity index (χ4v) is 3.91. The van der Waals surface area contributed by atoms with Gasteiger partial charge in [-0.2, -0.15) is 0 Å². The summed E-state index contributed by atoms with van der Waals surface area (Å²) in [5, 5.41) is 14.1. The number of carboxylic acids is 1. The Hall–Kier alpha value is -3.80. The van der Waals surface area contributed by atoms with Crippen LogP contribution in [0.25, 0.3) is 22.2 Å². The summed E-state index contributed by atoms with van der Waals surface area (Å²) in [6, 6.07) is 19.7. The molecule has 0 radical (unpaired) electrons. The SMILES string of the molecule is CC.Cc1ccc(OC(C)CCOc2ccc(CCC(=O)O)c(C)c2)c(-c2noc3ccccc23)c1. The minimum Gasteiger partial charge on any atom is -0.493 e. The Morgan fingerprint density at radius 1 is 1.06 bits per heavy atom. The van der Waals surface area contributed by atoms with Crippen molar-refractivity contribution in [3.63, 3.8) is 0 Å². The molecule has 0 bridgehead atoms. The first kappa shape index (κ1) is 26.8. The van der Waals surface area contributed by atoms with Crippen LogP contribution in [-0.4, -0.2) is 28.9 Å². The van der Waals surface area contributed by atoms with Gasteiger partial charge in [0.2, 0.25) is 0 Å². The first-order valence-electron chi connectivity index (χ1n) is 12.5. The van der Waals surface area contributed by atoms with Crippen molar-refractivity contribution in [2.75, 3.05) is 6.61 Å². The van der Waals surface area contributed by atoms with E-state index in [0.29, 0.717) is 19.4 Å². The van der Waals surface area contributed by atoms with Gasteiger partial charge in [-0.15, -0.1) is 0 Å². The molecule has 1 aromatic heterocycles. The Morgan fingerprint density at radius 3 is 2.58 bits per heavy atom. The standard InChI is InChI=1S/C28H29NO5.C2H6/c1-18-8-12-25(24(16-18)28-23-6-4-5-7-26(23)34-29-28)33-20(3)14-15-32-22-11-9-21(19(2)17-22)10-13-27(30)31;1-2/h4-9,11-12,16-17,20H,10,13-15H2,1-3H3,(H,30,31);1-2H3. The molecule has 1 heterocycles. The molecule has 4 rings (SSSR count). The van der Waals surface area contributed by atoms with Gasteiger partial charge in [-0.25, -0.2) is 0 Å². The first-order valence-corrected chi connectivity index (χ1v) is 12.5. The highest BCUT2D eigenvalue weighted by molar-refractivity contribution is 5.93. The molecule has 3 aromatic carbocycles.